The van der Waals surface area contributed by atoms with Crippen LogP contribution in [0, 0.1) is 0 Å². The van der Waals surface area contributed by atoms with Crippen LogP contribution in [0.1, 0.15) is 23.2 Å². The zero-order chi connectivity index (χ0) is 14.7. The molecule has 2 aliphatic rings. The molecular weight excluding hydrogens is 276 g/mol. The second-order valence-electron chi connectivity index (χ2n) is 5.54. The Hall–Kier alpha value is -2.95. The maximum atomic E-state index is 12.1. The van der Waals surface area contributed by atoms with E-state index in [1.54, 1.807) is 0 Å². The molecular formula is C17H10N4O. The fourth-order valence-corrected chi connectivity index (χ4v) is 3.22. The van der Waals surface area contributed by atoms with Gasteiger partial charge < -0.3 is 0 Å². The summed E-state index contributed by atoms with van der Waals surface area (Å²) in [5.41, 5.74) is 3.30. The number of aromatic nitrogens is 1. The van der Waals surface area contributed by atoms with E-state index in [2.05, 4.69) is 27.6 Å². The molecule has 0 atom stereocenters. The number of benzene rings is 2. The van der Waals surface area contributed by atoms with Gasteiger partial charge in [0.25, 0.3) is 0 Å². The number of hydrogen-bond donors (Lipinski definition) is 0. The smallest absolute Gasteiger partial charge is 0.163 e. The van der Waals surface area contributed by atoms with Crippen LogP contribution in [-0.2, 0) is 0 Å². The molecule has 104 valence electrons. The maximum absolute atomic E-state index is 12.1. The number of carbonyl (C=O) groups is 1. The van der Waals surface area contributed by atoms with Gasteiger partial charge in [-0.25, -0.2) is 4.98 Å². The summed E-state index contributed by atoms with van der Waals surface area (Å²) in [7, 11) is 0. The Bertz CT molecular complexity index is 1140. The summed E-state index contributed by atoms with van der Waals surface area (Å²) in [6.07, 6.45) is 3.49. The van der Waals surface area contributed by atoms with Gasteiger partial charge in [-0.1, -0.05) is 6.08 Å². The van der Waals surface area contributed by atoms with E-state index in [9.17, 15) is 4.79 Å². The van der Waals surface area contributed by atoms with E-state index in [0.717, 1.165) is 50.1 Å². The minimum Gasteiger partial charge on any atom is -0.294 e. The highest BCUT2D eigenvalue weighted by Crippen LogP contribution is 2.27. The fraction of sp³-hybridized carbons (Fsp3) is 0.118. The lowest BCUT2D eigenvalue weighted by molar-refractivity contribution is 0.0981. The molecule has 0 saturated carbocycles. The zero-order valence-corrected chi connectivity index (χ0v) is 11.6. The van der Waals surface area contributed by atoms with Gasteiger partial charge in [0.15, 0.2) is 5.78 Å². The molecule has 0 radical (unpaired) electrons. The van der Waals surface area contributed by atoms with Crippen LogP contribution in [0.4, 0.5) is 5.69 Å². The van der Waals surface area contributed by atoms with Gasteiger partial charge in [0.05, 0.1) is 11.0 Å². The molecule has 0 N–H and O–H groups in total. The molecule has 2 heterocycles. The first-order chi connectivity index (χ1) is 10.8. The lowest BCUT2D eigenvalue weighted by Gasteiger charge is -2.10. The molecule has 1 aliphatic heterocycles. The first-order valence-corrected chi connectivity index (χ1v) is 7.20. The predicted molar refractivity (Wildman–Crippen MR) is 82.6 cm³/mol. The second-order valence-corrected chi connectivity index (χ2v) is 5.54. The maximum Gasteiger partial charge on any atom is 0.163 e. The van der Waals surface area contributed by atoms with Crippen LogP contribution in [0.25, 0.3) is 27.9 Å². The minimum atomic E-state index is 0.201. The van der Waals surface area contributed by atoms with Crippen molar-refractivity contribution in [2.24, 2.45) is 15.4 Å². The topological polar surface area (TPSA) is 67.0 Å². The molecule has 5 nitrogen and oxygen atoms in total. The summed E-state index contributed by atoms with van der Waals surface area (Å²) in [6, 6.07) is 9.68. The summed E-state index contributed by atoms with van der Waals surface area (Å²) in [6.45, 7) is 0. The van der Waals surface area contributed by atoms with Crippen LogP contribution in [0.15, 0.2) is 45.8 Å². The summed E-state index contributed by atoms with van der Waals surface area (Å²) < 4.78 is 0. The van der Waals surface area contributed by atoms with E-state index in [0.29, 0.717) is 6.42 Å². The van der Waals surface area contributed by atoms with Crippen molar-refractivity contribution in [3.05, 3.63) is 46.5 Å². The number of ketones is 1. The highest BCUT2D eigenvalue weighted by molar-refractivity contribution is 6.04. The van der Waals surface area contributed by atoms with Crippen molar-refractivity contribution in [2.75, 3.05) is 0 Å². The summed E-state index contributed by atoms with van der Waals surface area (Å²) >= 11 is 0. The molecule has 0 unspecified atom stereocenters. The number of fused-ring (bicyclic) bond motifs is 6. The van der Waals surface area contributed by atoms with Crippen LogP contribution in [0.3, 0.4) is 0 Å². The SMILES string of the molecule is O=C1CCC=c2c1ccc1nc3ccc4c(c3cc21)N=NN=4. The number of carbonyl (C=O) groups excluding carboxylic acids is 1. The second kappa shape index (κ2) is 4.04. The van der Waals surface area contributed by atoms with Gasteiger partial charge in [0.1, 0.15) is 11.0 Å². The Balaban J connectivity index is 2.00. The first-order valence-electron chi connectivity index (χ1n) is 7.20. The zero-order valence-electron chi connectivity index (χ0n) is 11.6. The molecule has 0 bridgehead atoms. The van der Waals surface area contributed by atoms with Gasteiger partial charge in [0.2, 0.25) is 0 Å². The van der Waals surface area contributed by atoms with Crippen LogP contribution < -0.4 is 10.6 Å². The van der Waals surface area contributed by atoms with Crippen molar-refractivity contribution in [1.82, 2.24) is 4.98 Å². The van der Waals surface area contributed by atoms with Gasteiger partial charge in [-0.05, 0) is 47.2 Å². The largest absolute Gasteiger partial charge is 0.294 e. The Kier molecular flexibility index (Phi) is 2.14. The van der Waals surface area contributed by atoms with E-state index >= 15 is 0 Å². The molecule has 0 amide bonds. The van der Waals surface area contributed by atoms with Crippen molar-refractivity contribution >= 4 is 39.4 Å². The number of Topliss-reactive ketones (excluding diaryl/α,β-unsaturated/α-hetero) is 1. The average Bonchev–Trinajstić information content (AvgIpc) is 3.02. The summed E-state index contributed by atoms with van der Waals surface area (Å²) in [4.78, 5) is 16.8. The molecule has 3 aromatic rings. The quantitative estimate of drug-likeness (QED) is 0.596. The number of rotatable bonds is 0. The molecule has 0 fully saturated rings. The third kappa shape index (κ3) is 1.45. The van der Waals surface area contributed by atoms with Crippen LogP contribution in [-0.4, -0.2) is 10.8 Å². The minimum absolute atomic E-state index is 0.201. The summed E-state index contributed by atoms with van der Waals surface area (Å²) in [5, 5.41) is 15.5. The van der Waals surface area contributed by atoms with Gasteiger partial charge >= 0.3 is 0 Å². The van der Waals surface area contributed by atoms with E-state index < -0.39 is 0 Å². The van der Waals surface area contributed by atoms with Crippen molar-refractivity contribution in [3.8, 4) is 0 Å². The van der Waals surface area contributed by atoms with Crippen LogP contribution in [0.2, 0.25) is 0 Å². The molecule has 1 aliphatic carbocycles. The molecule has 0 saturated heterocycles. The number of pyridine rings is 1. The molecule has 1 aromatic heterocycles. The lowest BCUT2D eigenvalue weighted by atomic mass is 9.94. The third-order valence-corrected chi connectivity index (χ3v) is 4.28. The average molecular weight is 286 g/mol. The van der Waals surface area contributed by atoms with Crippen molar-refractivity contribution < 1.29 is 4.79 Å². The summed E-state index contributed by atoms with van der Waals surface area (Å²) in [5.74, 6) is 0.201. The Morgan fingerprint density at radius 2 is 1.86 bits per heavy atom. The molecule has 5 rings (SSSR count). The van der Waals surface area contributed by atoms with Gasteiger partial charge in [0, 0.05) is 22.8 Å². The highest BCUT2D eigenvalue weighted by atomic mass is 16.1. The Labute approximate surface area is 124 Å². The van der Waals surface area contributed by atoms with E-state index in [1.807, 2.05) is 24.3 Å². The Morgan fingerprint density at radius 3 is 2.82 bits per heavy atom. The highest BCUT2D eigenvalue weighted by Gasteiger charge is 2.16. The molecule has 2 aromatic carbocycles. The van der Waals surface area contributed by atoms with E-state index in [4.69, 9.17) is 4.98 Å². The lowest BCUT2D eigenvalue weighted by Crippen LogP contribution is -2.20. The third-order valence-electron chi connectivity index (χ3n) is 4.28. The van der Waals surface area contributed by atoms with Crippen molar-refractivity contribution in [2.45, 2.75) is 12.8 Å². The normalized spacial score (nSPS) is 15.5. The van der Waals surface area contributed by atoms with Gasteiger partial charge in [-0.2, -0.15) is 0 Å². The molecule has 5 heteroatoms. The standard InChI is InChI=1S/C17H10N4O/c22-16-3-1-2-9-10(16)4-5-13-11(9)8-12-14(18-13)6-7-15-17(12)20-21-19-15/h2,4-8H,1,3H2. The van der Waals surface area contributed by atoms with Crippen molar-refractivity contribution in [1.29, 1.82) is 0 Å². The number of nitrogens with zero attached hydrogens (tertiary/aromatic N) is 4. The van der Waals surface area contributed by atoms with Gasteiger partial charge in [-0.3, -0.25) is 4.79 Å². The molecule has 22 heavy (non-hydrogen) atoms. The number of hydrogen-bond acceptors (Lipinski definition) is 5. The Morgan fingerprint density at radius 1 is 1.00 bits per heavy atom. The monoisotopic (exact) mass is 286 g/mol. The van der Waals surface area contributed by atoms with Gasteiger partial charge in [-0.15, -0.1) is 10.2 Å². The van der Waals surface area contributed by atoms with E-state index in [1.165, 1.54) is 0 Å². The van der Waals surface area contributed by atoms with E-state index in [-0.39, 0.29) is 5.78 Å². The van der Waals surface area contributed by atoms with Crippen LogP contribution >= 0.6 is 0 Å². The first kappa shape index (κ1) is 11.7. The molecule has 0 spiro atoms. The fourth-order valence-electron chi connectivity index (χ4n) is 3.22. The van der Waals surface area contributed by atoms with Crippen molar-refractivity contribution in [3.63, 3.8) is 0 Å². The predicted octanol–water partition coefficient (Wildman–Crippen LogP) is 2.78. The van der Waals surface area contributed by atoms with Crippen LogP contribution in [0.5, 0.6) is 0 Å².